The second-order valence-electron chi connectivity index (χ2n) is 5.76. The molecule has 6 heteroatoms. The summed E-state index contributed by atoms with van der Waals surface area (Å²) in [4.78, 5) is 22.6. The number of aromatic amines is 1. The molecule has 2 aliphatic rings. The summed E-state index contributed by atoms with van der Waals surface area (Å²) >= 11 is 0. The Hall–Kier alpha value is -1.92. The molecule has 2 fully saturated rings. The van der Waals surface area contributed by atoms with Crippen LogP contribution in [0.4, 0.5) is 0 Å². The number of carbonyl (C=O) groups excluding carboxylic acids is 1. The van der Waals surface area contributed by atoms with Gasteiger partial charge in [0.2, 0.25) is 0 Å². The van der Waals surface area contributed by atoms with Gasteiger partial charge in [-0.05, 0) is 25.0 Å². The smallest absolute Gasteiger partial charge is 0.254 e. The number of benzene rings is 1. The first-order chi connectivity index (χ1) is 10.8. The van der Waals surface area contributed by atoms with Crippen molar-refractivity contribution < 1.29 is 14.3 Å². The number of H-pyrrole nitrogens is 1. The second kappa shape index (κ2) is 5.70. The van der Waals surface area contributed by atoms with E-state index in [4.69, 9.17) is 9.47 Å². The molecule has 22 heavy (non-hydrogen) atoms. The van der Waals surface area contributed by atoms with Crippen molar-refractivity contribution in [3.63, 3.8) is 0 Å². The number of likely N-dealkylation sites (tertiary alicyclic amines) is 1. The van der Waals surface area contributed by atoms with Crippen LogP contribution in [0.15, 0.2) is 24.3 Å². The van der Waals surface area contributed by atoms with E-state index in [1.807, 2.05) is 29.2 Å². The molecule has 3 heterocycles. The number of hydrogen-bond donors (Lipinski definition) is 1. The summed E-state index contributed by atoms with van der Waals surface area (Å²) in [5.41, 5.74) is 1.95. The van der Waals surface area contributed by atoms with E-state index in [9.17, 15) is 4.79 Å². The number of aromatic nitrogens is 2. The number of carbonyl (C=O) groups is 1. The highest BCUT2D eigenvalue weighted by Crippen LogP contribution is 2.32. The van der Waals surface area contributed by atoms with E-state index in [0.29, 0.717) is 19.8 Å². The predicted octanol–water partition coefficient (Wildman–Crippen LogP) is 1.64. The van der Waals surface area contributed by atoms with Crippen molar-refractivity contribution in [1.82, 2.24) is 14.9 Å². The number of para-hydroxylation sites is 2. The minimum Gasteiger partial charge on any atom is -0.376 e. The highest BCUT2D eigenvalue weighted by Gasteiger charge is 2.36. The Kier molecular flexibility index (Phi) is 3.56. The van der Waals surface area contributed by atoms with Gasteiger partial charge in [-0.3, -0.25) is 4.79 Å². The van der Waals surface area contributed by atoms with Crippen LogP contribution in [-0.4, -0.2) is 53.2 Å². The van der Waals surface area contributed by atoms with Crippen LogP contribution in [0.1, 0.15) is 24.7 Å². The monoisotopic (exact) mass is 301 g/mol. The van der Waals surface area contributed by atoms with Crippen LogP contribution >= 0.6 is 0 Å². The third-order valence-electron chi connectivity index (χ3n) is 4.35. The van der Waals surface area contributed by atoms with E-state index >= 15 is 0 Å². The van der Waals surface area contributed by atoms with E-state index in [2.05, 4.69) is 9.97 Å². The van der Waals surface area contributed by atoms with E-state index in [1.54, 1.807) is 0 Å². The van der Waals surface area contributed by atoms with Crippen LogP contribution in [0.2, 0.25) is 0 Å². The molecule has 2 atom stereocenters. The Balaban J connectivity index is 1.58. The molecule has 1 aromatic heterocycles. The van der Waals surface area contributed by atoms with Gasteiger partial charge in [-0.2, -0.15) is 0 Å². The zero-order valence-electron chi connectivity index (χ0n) is 12.3. The molecule has 0 saturated carbocycles. The summed E-state index contributed by atoms with van der Waals surface area (Å²) in [6.07, 6.45) is 1.44. The lowest BCUT2D eigenvalue weighted by Crippen LogP contribution is -2.45. The van der Waals surface area contributed by atoms with Crippen LogP contribution in [0, 0.1) is 0 Å². The number of fused-ring (bicyclic) bond motifs is 1. The van der Waals surface area contributed by atoms with Gasteiger partial charge in [0, 0.05) is 6.54 Å². The molecule has 0 aliphatic carbocycles. The summed E-state index contributed by atoms with van der Waals surface area (Å²) in [6.45, 7) is 2.15. The number of ether oxygens (including phenoxy) is 2. The lowest BCUT2D eigenvalue weighted by atomic mass is 10.2. The Morgan fingerprint density at radius 3 is 3.05 bits per heavy atom. The highest BCUT2D eigenvalue weighted by atomic mass is 16.6. The maximum absolute atomic E-state index is 12.7. The molecule has 4 rings (SSSR count). The van der Waals surface area contributed by atoms with Gasteiger partial charge in [0.15, 0.2) is 6.10 Å². The Bertz CT molecular complexity index is 645. The molecule has 2 unspecified atom stereocenters. The van der Waals surface area contributed by atoms with Gasteiger partial charge < -0.3 is 19.4 Å². The first-order valence-corrected chi connectivity index (χ1v) is 7.77. The number of rotatable bonds is 2. The molecule has 116 valence electrons. The number of hydrogen-bond acceptors (Lipinski definition) is 4. The number of imidazole rings is 1. The van der Waals surface area contributed by atoms with Crippen molar-refractivity contribution in [2.45, 2.75) is 25.0 Å². The van der Waals surface area contributed by atoms with Crippen LogP contribution < -0.4 is 0 Å². The van der Waals surface area contributed by atoms with E-state index < -0.39 is 6.10 Å². The van der Waals surface area contributed by atoms with Gasteiger partial charge in [-0.15, -0.1) is 0 Å². The normalized spacial score (nSPS) is 25.7. The van der Waals surface area contributed by atoms with Gasteiger partial charge in [0.05, 0.1) is 36.9 Å². The number of nitrogens with one attached hydrogen (secondary N) is 1. The van der Waals surface area contributed by atoms with Crippen molar-refractivity contribution in [3.8, 4) is 0 Å². The molecular weight excluding hydrogens is 282 g/mol. The molecule has 6 nitrogen and oxygen atoms in total. The zero-order chi connectivity index (χ0) is 14.9. The van der Waals surface area contributed by atoms with Crippen LogP contribution in [0.25, 0.3) is 11.0 Å². The number of nitrogens with zero attached hydrogens (tertiary/aromatic N) is 2. The molecule has 0 bridgehead atoms. The summed E-state index contributed by atoms with van der Waals surface area (Å²) in [5, 5.41) is 0. The van der Waals surface area contributed by atoms with Crippen LogP contribution in [-0.2, 0) is 14.3 Å². The predicted molar refractivity (Wildman–Crippen MR) is 80.3 cm³/mol. The van der Waals surface area contributed by atoms with Crippen molar-refractivity contribution >= 4 is 16.9 Å². The maximum atomic E-state index is 12.7. The summed E-state index contributed by atoms with van der Waals surface area (Å²) in [6, 6.07) is 7.94. The molecule has 2 aromatic rings. The molecule has 1 N–H and O–H groups in total. The van der Waals surface area contributed by atoms with E-state index in [1.165, 1.54) is 0 Å². The average Bonchev–Trinajstić information content (AvgIpc) is 3.21. The summed E-state index contributed by atoms with van der Waals surface area (Å²) in [7, 11) is 0. The van der Waals surface area contributed by atoms with Crippen LogP contribution in [0.5, 0.6) is 0 Å². The van der Waals surface area contributed by atoms with Gasteiger partial charge in [0.1, 0.15) is 5.82 Å². The largest absolute Gasteiger partial charge is 0.376 e. The lowest BCUT2D eigenvalue weighted by molar-refractivity contribution is -0.159. The van der Waals surface area contributed by atoms with Crippen LogP contribution in [0.3, 0.4) is 0 Å². The maximum Gasteiger partial charge on any atom is 0.254 e. The van der Waals surface area contributed by atoms with Gasteiger partial charge in [0.25, 0.3) is 5.91 Å². The SMILES string of the molecule is O=C(C1COCCO1)N1CCCC1c1nc2ccccc2[nH]1. The molecule has 2 aliphatic heterocycles. The van der Waals surface area contributed by atoms with Crippen molar-refractivity contribution in [1.29, 1.82) is 0 Å². The van der Waals surface area contributed by atoms with Crippen molar-refractivity contribution in [2.75, 3.05) is 26.4 Å². The fourth-order valence-electron chi connectivity index (χ4n) is 3.26. The lowest BCUT2D eigenvalue weighted by Gasteiger charge is -2.29. The molecule has 1 amide bonds. The van der Waals surface area contributed by atoms with Crippen molar-refractivity contribution in [3.05, 3.63) is 30.1 Å². The molecule has 1 aromatic carbocycles. The third kappa shape index (κ3) is 2.38. The Morgan fingerprint density at radius 2 is 2.23 bits per heavy atom. The molecule has 0 spiro atoms. The molecule has 0 radical (unpaired) electrons. The Labute approximate surface area is 128 Å². The zero-order valence-corrected chi connectivity index (χ0v) is 12.3. The topological polar surface area (TPSA) is 67.5 Å². The van der Waals surface area contributed by atoms with Gasteiger partial charge in [-0.25, -0.2) is 4.98 Å². The fourth-order valence-corrected chi connectivity index (χ4v) is 3.26. The van der Waals surface area contributed by atoms with E-state index in [0.717, 1.165) is 36.2 Å². The first-order valence-electron chi connectivity index (χ1n) is 7.77. The quantitative estimate of drug-likeness (QED) is 0.915. The van der Waals surface area contributed by atoms with E-state index in [-0.39, 0.29) is 11.9 Å². The molecule has 2 saturated heterocycles. The summed E-state index contributed by atoms with van der Waals surface area (Å²) in [5.74, 6) is 0.881. The third-order valence-corrected chi connectivity index (χ3v) is 4.35. The minimum absolute atomic E-state index is 0.00502. The van der Waals surface area contributed by atoms with Gasteiger partial charge >= 0.3 is 0 Å². The highest BCUT2D eigenvalue weighted by molar-refractivity contribution is 5.82. The average molecular weight is 301 g/mol. The molecular formula is C16H19N3O3. The van der Waals surface area contributed by atoms with Crippen molar-refractivity contribution in [2.24, 2.45) is 0 Å². The standard InChI is InChI=1S/C16H19N3O3/c20-16(14-10-21-8-9-22-14)19-7-3-6-13(19)15-17-11-4-1-2-5-12(11)18-15/h1-2,4-5,13-14H,3,6-10H2,(H,17,18). The first kappa shape index (κ1) is 13.7. The Morgan fingerprint density at radius 1 is 1.32 bits per heavy atom. The van der Waals surface area contributed by atoms with Gasteiger partial charge in [-0.1, -0.05) is 12.1 Å². The summed E-state index contributed by atoms with van der Waals surface area (Å²) < 4.78 is 10.9. The fraction of sp³-hybridized carbons (Fsp3) is 0.500. The second-order valence-corrected chi connectivity index (χ2v) is 5.76. The number of amides is 1. The minimum atomic E-state index is -0.473.